The molecule has 1 saturated heterocycles. The van der Waals surface area contributed by atoms with E-state index in [9.17, 15) is 24.0 Å². The summed E-state index contributed by atoms with van der Waals surface area (Å²) in [5, 5.41) is 0. The van der Waals surface area contributed by atoms with Gasteiger partial charge in [-0.25, -0.2) is 4.79 Å². The van der Waals surface area contributed by atoms with Gasteiger partial charge in [-0.15, -0.1) is 0 Å². The minimum absolute atomic E-state index is 0.411. The summed E-state index contributed by atoms with van der Waals surface area (Å²) in [7, 11) is 1.08. The molecule has 0 aliphatic carbocycles. The number of hydrogen-bond acceptors (Lipinski definition) is 11. The average molecular weight is 390 g/mol. The summed E-state index contributed by atoms with van der Waals surface area (Å²) in [6, 6.07) is 0. The smallest absolute Gasteiger partial charge is 0.339 e. The van der Waals surface area contributed by atoms with Crippen molar-refractivity contribution in [3.05, 3.63) is 0 Å². The summed E-state index contributed by atoms with van der Waals surface area (Å²) < 4.78 is 30.4. The van der Waals surface area contributed by atoms with Crippen molar-refractivity contribution in [3.8, 4) is 0 Å². The molecule has 27 heavy (non-hydrogen) atoms. The van der Waals surface area contributed by atoms with Gasteiger partial charge in [-0.05, 0) is 0 Å². The lowest BCUT2D eigenvalue weighted by Gasteiger charge is -2.43. The first kappa shape index (κ1) is 22.4. The summed E-state index contributed by atoms with van der Waals surface area (Å²) >= 11 is 0. The Labute approximate surface area is 155 Å². The molecule has 152 valence electrons. The van der Waals surface area contributed by atoms with Crippen LogP contribution in [0.3, 0.4) is 0 Å². The highest BCUT2D eigenvalue weighted by Crippen LogP contribution is 2.29. The summed E-state index contributed by atoms with van der Waals surface area (Å²) in [5.41, 5.74) is 0. The molecule has 1 heterocycles. The molecule has 1 aliphatic heterocycles. The van der Waals surface area contributed by atoms with Crippen molar-refractivity contribution in [1.82, 2.24) is 0 Å². The lowest BCUT2D eigenvalue weighted by Crippen LogP contribution is -2.64. The second-order valence-corrected chi connectivity index (χ2v) is 5.64. The number of carbonyl (C=O) groups is 5. The van der Waals surface area contributed by atoms with Crippen LogP contribution in [0.25, 0.3) is 0 Å². The molecule has 0 N–H and O–H groups in total. The Bertz CT molecular complexity index is 599. The molecule has 1 aliphatic rings. The fraction of sp³-hybridized carbons (Fsp3) is 0.688. The molecule has 1 rings (SSSR count). The highest BCUT2D eigenvalue weighted by Gasteiger charge is 2.54. The first-order valence-corrected chi connectivity index (χ1v) is 7.95. The van der Waals surface area contributed by atoms with E-state index >= 15 is 0 Å². The maximum Gasteiger partial charge on any atom is 0.339 e. The van der Waals surface area contributed by atoms with Crippen molar-refractivity contribution in [2.75, 3.05) is 13.7 Å². The number of methoxy groups -OCH3 is 1. The minimum atomic E-state index is -1.50. The Kier molecular flexibility index (Phi) is 8.16. The van der Waals surface area contributed by atoms with Gasteiger partial charge >= 0.3 is 29.8 Å². The Hall–Kier alpha value is -2.69. The predicted octanol–water partition coefficient (Wildman–Crippen LogP) is -0.715. The second-order valence-electron chi connectivity index (χ2n) is 5.64. The van der Waals surface area contributed by atoms with Gasteiger partial charge in [-0.2, -0.15) is 0 Å². The van der Waals surface area contributed by atoms with Gasteiger partial charge in [-0.3, -0.25) is 19.2 Å². The molecule has 0 amide bonds. The molecular formula is C16H22O11. The summed E-state index contributed by atoms with van der Waals surface area (Å²) in [6.45, 7) is 3.99. The van der Waals surface area contributed by atoms with Gasteiger partial charge in [0, 0.05) is 27.7 Å². The largest absolute Gasteiger partial charge is 0.467 e. The van der Waals surface area contributed by atoms with Gasteiger partial charge in [0.15, 0.2) is 24.4 Å². The van der Waals surface area contributed by atoms with E-state index in [2.05, 4.69) is 4.74 Å². The number of esters is 5. The maximum atomic E-state index is 12.1. The van der Waals surface area contributed by atoms with Crippen LogP contribution < -0.4 is 0 Å². The summed E-state index contributed by atoms with van der Waals surface area (Å²) in [4.78, 5) is 57.8. The zero-order valence-corrected chi connectivity index (χ0v) is 15.6. The van der Waals surface area contributed by atoms with Crippen LogP contribution in [0.4, 0.5) is 0 Å². The molecule has 11 heteroatoms. The van der Waals surface area contributed by atoms with E-state index in [1.807, 2.05) is 0 Å². The first-order chi connectivity index (χ1) is 12.6. The van der Waals surface area contributed by atoms with Crippen molar-refractivity contribution in [3.63, 3.8) is 0 Å². The molecule has 0 radical (unpaired) electrons. The third kappa shape index (κ3) is 6.51. The molecule has 0 aromatic rings. The van der Waals surface area contributed by atoms with E-state index in [1.165, 1.54) is 0 Å². The van der Waals surface area contributed by atoms with Crippen LogP contribution in [-0.4, -0.2) is 74.1 Å². The average Bonchev–Trinajstić information content (AvgIpc) is 2.54. The number of rotatable bonds is 6. The monoisotopic (exact) mass is 390 g/mol. The minimum Gasteiger partial charge on any atom is -0.467 e. The molecule has 0 unspecified atom stereocenters. The van der Waals surface area contributed by atoms with Crippen LogP contribution in [0.2, 0.25) is 0 Å². The fourth-order valence-electron chi connectivity index (χ4n) is 2.53. The van der Waals surface area contributed by atoms with Gasteiger partial charge in [0.2, 0.25) is 0 Å². The standard InChI is InChI=1S/C16H22O11/c1-7(17)23-6-11-12(24-8(2)18)13(25-9(3)19)14(26-10(4)20)15(27-11)16(21)22-5/h11-15H,6H2,1-5H3/t11-,12+,13-,14+,15-/m1/s1. The summed E-state index contributed by atoms with van der Waals surface area (Å²) in [5.74, 6) is -3.92. The number of carbonyl (C=O) groups excluding carboxylic acids is 5. The van der Waals surface area contributed by atoms with Crippen LogP contribution in [-0.2, 0) is 52.4 Å². The van der Waals surface area contributed by atoms with E-state index in [-0.39, 0.29) is 0 Å². The van der Waals surface area contributed by atoms with Crippen LogP contribution in [0.15, 0.2) is 0 Å². The predicted molar refractivity (Wildman–Crippen MR) is 84.0 cm³/mol. The van der Waals surface area contributed by atoms with Crippen molar-refractivity contribution in [2.45, 2.75) is 58.2 Å². The molecule has 5 atom stereocenters. The van der Waals surface area contributed by atoms with Crippen molar-refractivity contribution >= 4 is 29.8 Å². The molecule has 0 aromatic heterocycles. The van der Waals surface area contributed by atoms with Crippen molar-refractivity contribution in [1.29, 1.82) is 0 Å². The molecule has 11 nitrogen and oxygen atoms in total. The van der Waals surface area contributed by atoms with Crippen molar-refractivity contribution in [2.24, 2.45) is 0 Å². The van der Waals surface area contributed by atoms with Crippen LogP contribution in [0.1, 0.15) is 27.7 Å². The van der Waals surface area contributed by atoms with Crippen LogP contribution in [0, 0.1) is 0 Å². The van der Waals surface area contributed by atoms with Crippen molar-refractivity contribution < 1.29 is 52.4 Å². The Morgan fingerprint density at radius 1 is 0.741 bits per heavy atom. The number of ether oxygens (including phenoxy) is 6. The molecule has 0 bridgehead atoms. The topological polar surface area (TPSA) is 141 Å². The van der Waals surface area contributed by atoms with E-state index in [4.69, 9.17) is 23.7 Å². The van der Waals surface area contributed by atoms with Gasteiger partial charge in [0.05, 0.1) is 7.11 Å². The van der Waals surface area contributed by atoms with Crippen LogP contribution >= 0.6 is 0 Å². The van der Waals surface area contributed by atoms with E-state index in [1.54, 1.807) is 0 Å². The van der Waals surface area contributed by atoms with E-state index in [0.717, 1.165) is 34.8 Å². The fourth-order valence-corrected chi connectivity index (χ4v) is 2.53. The van der Waals surface area contributed by atoms with Gasteiger partial charge in [-0.1, -0.05) is 0 Å². The highest BCUT2D eigenvalue weighted by atomic mass is 16.7. The lowest BCUT2D eigenvalue weighted by molar-refractivity contribution is -0.253. The zero-order valence-electron chi connectivity index (χ0n) is 15.6. The molecule has 0 saturated carbocycles. The lowest BCUT2D eigenvalue weighted by atomic mass is 9.94. The van der Waals surface area contributed by atoms with Gasteiger partial charge in [0.25, 0.3) is 0 Å². The van der Waals surface area contributed by atoms with E-state index < -0.39 is 67.0 Å². The SMILES string of the molecule is COC(=O)[C@@H]1O[C@H](COC(C)=O)[C@H](OC(C)=O)[C@@H](OC(C)=O)[C@@H]1OC(C)=O. The molecular weight excluding hydrogens is 368 g/mol. The maximum absolute atomic E-state index is 12.1. The molecule has 0 spiro atoms. The van der Waals surface area contributed by atoms with Crippen LogP contribution in [0.5, 0.6) is 0 Å². The first-order valence-electron chi connectivity index (χ1n) is 7.95. The van der Waals surface area contributed by atoms with Gasteiger partial charge in [0.1, 0.15) is 12.7 Å². The number of hydrogen-bond donors (Lipinski definition) is 0. The Balaban J connectivity index is 3.33. The normalized spacial score (nSPS) is 27.1. The van der Waals surface area contributed by atoms with E-state index in [0.29, 0.717) is 0 Å². The quantitative estimate of drug-likeness (QED) is 0.419. The molecule has 0 aromatic carbocycles. The second kappa shape index (κ2) is 9.86. The molecule has 1 fully saturated rings. The zero-order chi connectivity index (χ0) is 20.7. The third-order valence-corrected chi connectivity index (χ3v) is 3.42. The summed E-state index contributed by atoms with van der Waals surface area (Å²) in [6.07, 6.45) is -6.84. The third-order valence-electron chi connectivity index (χ3n) is 3.42. The Morgan fingerprint density at radius 3 is 1.67 bits per heavy atom. The highest BCUT2D eigenvalue weighted by molar-refractivity contribution is 5.77. The Morgan fingerprint density at radius 2 is 1.22 bits per heavy atom. The van der Waals surface area contributed by atoms with Gasteiger partial charge < -0.3 is 28.4 Å².